The number of rotatable bonds is 8. The van der Waals surface area contributed by atoms with Gasteiger partial charge in [0, 0.05) is 31.8 Å². The number of nitro groups is 1. The molecule has 0 aliphatic heterocycles. The molecule has 0 heterocycles. The number of Topliss-reactive ketones (excluding diaryl/α,β-unsaturated/α-hetero) is 1. The quantitative estimate of drug-likeness (QED) is 0.419. The molecule has 0 unspecified atom stereocenters. The average Bonchev–Trinajstić information content (AvgIpc) is 2.42. The largest absolute Gasteiger partial charge is 0.383 e. The Bertz CT molecular complexity index is 514. The molecule has 0 saturated heterocycles. The lowest BCUT2D eigenvalue weighted by atomic mass is 10.1. The summed E-state index contributed by atoms with van der Waals surface area (Å²) in [6, 6.07) is 4.62. The van der Waals surface area contributed by atoms with E-state index >= 15 is 0 Å². The maximum atomic E-state index is 11.4. The van der Waals surface area contributed by atoms with Gasteiger partial charge in [0.25, 0.3) is 5.69 Å². The fourth-order valence-electron chi connectivity index (χ4n) is 2.11. The molecule has 0 N–H and O–H groups in total. The minimum atomic E-state index is -0.443. The molecule has 0 spiro atoms. The Hall–Kier alpha value is -1.95. The van der Waals surface area contributed by atoms with Gasteiger partial charge in [-0.15, -0.1) is 0 Å². The molecule has 6 nitrogen and oxygen atoms in total. The topological polar surface area (TPSA) is 72.7 Å². The summed E-state index contributed by atoms with van der Waals surface area (Å²) in [5.74, 6) is 0.172. The molecule has 0 amide bonds. The highest BCUT2D eigenvalue weighted by atomic mass is 16.6. The standard InChI is InChI=1S/C15H22N2O4/c1-11(2)10-16(7-8-21-4)14-6-5-13(12(3)18)9-15(14)17(19)20/h5-6,9,11H,7-8,10H2,1-4H3. The van der Waals surface area contributed by atoms with Gasteiger partial charge in [-0.3, -0.25) is 14.9 Å². The van der Waals surface area contributed by atoms with Crippen LogP contribution in [0.5, 0.6) is 0 Å². The number of benzene rings is 1. The second-order valence-corrected chi connectivity index (χ2v) is 5.35. The molecule has 0 atom stereocenters. The number of ketones is 1. The number of hydrogen-bond donors (Lipinski definition) is 0. The van der Waals surface area contributed by atoms with Gasteiger partial charge in [-0.2, -0.15) is 0 Å². The third kappa shape index (κ3) is 4.82. The van der Waals surface area contributed by atoms with Crippen LogP contribution in [-0.2, 0) is 4.74 Å². The van der Waals surface area contributed by atoms with Crippen molar-refractivity contribution in [2.24, 2.45) is 5.92 Å². The summed E-state index contributed by atoms with van der Waals surface area (Å²) in [4.78, 5) is 24.2. The lowest BCUT2D eigenvalue weighted by Gasteiger charge is -2.26. The van der Waals surface area contributed by atoms with E-state index in [0.717, 1.165) is 0 Å². The van der Waals surface area contributed by atoms with E-state index < -0.39 is 4.92 Å². The van der Waals surface area contributed by atoms with Gasteiger partial charge in [0.05, 0.1) is 11.5 Å². The SMILES string of the molecule is COCCN(CC(C)C)c1ccc(C(C)=O)cc1[N+](=O)[O-]. The smallest absolute Gasteiger partial charge is 0.293 e. The van der Waals surface area contributed by atoms with Crippen molar-refractivity contribution < 1.29 is 14.5 Å². The van der Waals surface area contributed by atoms with Crippen molar-refractivity contribution >= 4 is 17.2 Å². The average molecular weight is 294 g/mol. The second-order valence-electron chi connectivity index (χ2n) is 5.35. The Kier molecular flexibility index (Phi) is 6.30. The molecule has 0 aliphatic carbocycles. The van der Waals surface area contributed by atoms with Gasteiger partial charge in [-0.25, -0.2) is 0 Å². The molecule has 1 rings (SSSR count). The first kappa shape index (κ1) is 17.1. The first-order valence-electron chi connectivity index (χ1n) is 6.90. The molecule has 0 radical (unpaired) electrons. The Morgan fingerprint density at radius 1 is 1.43 bits per heavy atom. The summed E-state index contributed by atoms with van der Waals surface area (Å²) in [6.07, 6.45) is 0. The highest BCUT2D eigenvalue weighted by molar-refractivity contribution is 5.95. The van der Waals surface area contributed by atoms with E-state index in [1.807, 2.05) is 4.90 Å². The van der Waals surface area contributed by atoms with Crippen LogP contribution in [0, 0.1) is 16.0 Å². The normalized spacial score (nSPS) is 10.7. The van der Waals surface area contributed by atoms with Crippen LogP contribution in [0.15, 0.2) is 18.2 Å². The van der Waals surface area contributed by atoms with E-state index in [9.17, 15) is 14.9 Å². The molecule has 0 fully saturated rings. The van der Waals surface area contributed by atoms with Crippen LogP contribution >= 0.6 is 0 Å². The molecule has 1 aromatic rings. The fourth-order valence-corrected chi connectivity index (χ4v) is 2.11. The lowest BCUT2D eigenvalue weighted by Crippen LogP contribution is -2.31. The number of carbonyl (C=O) groups excluding carboxylic acids is 1. The Labute approximate surface area is 124 Å². The maximum absolute atomic E-state index is 11.4. The summed E-state index contributed by atoms with van der Waals surface area (Å²) in [5.41, 5.74) is 0.830. The molecule has 116 valence electrons. The number of nitrogens with zero attached hydrogens (tertiary/aromatic N) is 2. The number of carbonyl (C=O) groups is 1. The van der Waals surface area contributed by atoms with Crippen molar-refractivity contribution in [2.45, 2.75) is 20.8 Å². The molecule has 0 aliphatic rings. The third-order valence-corrected chi connectivity index (χ3v) is 3.07. The molecule has 0 saturated carbocycles. The van der Waals surface area contributed by atoms with Crippen LogP contribution in [0.3, 0.4) is 0 Å². The van der Waals surface area contributed by atoms with Gasteiger partial charge >= 0.3 is 0 Å². The molecule has 6 heteroatoms. The zero-order valence-corrected chi connectivity index (χ0v) is 13.0. The maximum Gasteiger partial charge on any atom is 0.293 e. The van der Waals surface area contributed by atoms with E-state index in [0.29, 0.717) is 36.9 Å². The predicted octanol–water partition coefficient (Wildman–Crippen LogP) is 2.91. The predicted molar refractivity (Wildman–Crippen MR) is 82.0 cm³/mol. The first-order chi connectivity index (χ1) is 9.86. The summed E-state index contributed by atoms with van der Waals surface area (Å²) in [7, 11) is 1.60. The molecule has 1 aromatic carbocycles. The molecule has 0 bridgehead atoms. The van der Waals surface area contributed by atoms with Gasteiger partial charge in [-0.1, -0.05) is 13.8 Å². The van der Waals surface area contributed by atoms with Crippen LogP contribution < -0.4 is 4.90 Å². The minimum Gasteiger partial charge on any atom is -0.383 e. The van der Waals surface area contributed by atoms with Crippen LogP contribution in [-0.4, -0.2) is 37.5 Å². The first-order valence-corrected chi connectivity index (χ1v) is 6.90. The van der Waals surface area contributed by atoms with E-state index in [4.69, 9.17) is 4.74 Å². The Morgan fingerprint density at radius 2 is 2.10 bits per heavy atom. The fraction of sp³-hybridized carbons (Fsp3) is 0.533. The van der Waals surface area contributed by atoms with Gasteiger partial charge in [-0.05, 0) is 25.0 Å². The van der Waals surface area contributed by atoms with Crippen LogP contribution in [0.2, 0.25) is 0 Å². The van der Waals surface area contributed by atoms with Crippen LogP contribution in [0.4, 0.5) is 11.4 Å². The molecular weight excluding hydrogens is 272 g/mol. The summed E-state index contributed by atoms with van der Waals surface area (Å²) in [6.45, 7) is 7.23. The highest BCUT2D eigenvalue weighted by Gasteiger charge is 2.21. The number of ether oxygens (including phenoxy) is 1. The van der Waals surface area contributed by atoms with Crippen molar-refractivity contribution in [3.8, 4) is 0 Å². The second kappa shape index (κ2) is 7.73. The highest BCUT2D eigenvalue weighted by Crippen LogP contribution is 2.30. The van der Waals surface area contributed by atoms with Crippen molar-refractivity contribution in [2.75, 3.05) is 31.7 Å². The number of methoxy groups -OCH3 is 1. The minimum absolute atomic E-state index is 0.0422. The van der Waals surface area contributed by atoms with Gasteiger partial charge in [0.15, 0.2) is 5.78 Å². The van der Waals surface area contributed by atoms with E-state index in [1.54, 1.807) is 19.2 Å². The van der Waals surface area contributed by atoms with E-state index in [2.05, 4.69) is 13.8 Å². The monoisotopic (exact) mass is 294 g/mol. The number of anilines is 1. The Morgan fingerprint density at radius 3 is 2.57 bits per heavy atom. The summed E-state index contributed by atoms with van der Waals surface area (Å²) < 4.78 is 5.07. The third-order valence-electron chi connectivity index (χ3n) is 3.07. The van der Waals surface area contributed by atoms with E-state index in [1.165, 1.54) is 13.0 Å². The van der Waals surface area contributed by atoms with Gasteiger partial charge in [0.2, 0.25) is 0 Å². The van der Waals surface area contributed by atoms with Crippen LogP contribution in [0.25, 0.3) is 0 Å². The van der Waals surface area contributed by atoms with Crippen molar-refractivity contribution in [1.29, 1.82) is 0 Å². The summed E-state index contributed by atoms with van der Waals surface area (Å²) in [5, 5.41) is 11.3. The number of nitro benzene ring substituents is 1. The van der Waals surface area contributed by atoms with Crippen molar-refractivity contribution in [3.05, 3.63) is 33.9 Å². The van der Waals surface area contributed by atoms with Crippen molar-refractivity contribution in [3.63, 3.8) is 0 Å². The van der Waals surface area contributed by atoms with Gasteiger partial charge in [0.1, 0.15) is 5.69 Å². The molecule has 21 heavy (non-hydrogen) atoms. The molecule has 0 aromatic heterocycles. The lowest BCUT2D eigenvalue weighted by molar-refractivity contribution is -0.384. The Balaban J connectivity index is 3.21. The summed E-state index contributed by atoms with van der Waals surface area (Å²) >= 11 is 0. The zero-order chi connectivity index (χ0) is 16.0. The van der Waals surface area contributed by atoms with Crippen LogP contribution in [0.1, 0.15) is 31.1 Å². The van der Waals surface area contributed by atoms with Crippen molar-refractivity contribution in [1.82, 2.24) is 0 Å². The zero-order valence-electron chi connectivity index (χ0n) is 13.0. The van der Waals surface area contributed by atoms with E-state index in [-0.39, 0.29) is 11.5 Å². The molecular formula is C15H22N2O4. The van der Waals surface area contributed by atoms with Gasteiger partial charge < -0.3 is 9.64 Å². The number of hydrogen-bond acceptors (Lipinski definition) is 5.